The van der Waals surface area contributed by atoms with E-state index in [0.29, 0.717) is 11.6 Å². The first kappa shape index (κ1) is 36.1. The molecule has 0 radical (unpaired) electrons. The van der Waals surface area contributed by atoms with Crippen LogP contribution in [0, 0.1) is 0 Å². The van der Waals surface area contributed by atoms with E-state index in [0.717, 1.165) is 99.9 Å². The average Bonchev–Trinajstić information content (AvgIpc) is 3.98. The van der Waals surface area contributed by atoms with Gasteiger partial charge in [-0.3, -0.25) is 19.9 Å². The molecule has 0 bridgehead atoms. The molecule has 304 valence electrons. The Morgan fingerprint density at radius 2 is 1.09 bits per heavy atom. The van der Waals surface area contributed by atoms with Gasteiger partial charge < -0.3 is 19.3 Å². The Hall–Kier alpha value is -8.54. The number of pyridine rings is 4. The standard InChI is InChI=1S/C53H36N10O/c1-53-43(27-45(59-61-53)37-23-35(29-55-31-37)33-17-19-47-42(25-33)51-49(15-9-21-57-51)63(47)39-12-6-3-7-13-39)40-26-44(58-60-52(40)64-53)36-22-34(28-54-30-36)32-16-18-46-41(24-32)50-48(14-8-20-56-50)62(46)38-10-4-2-5-11-38/h2-31,43,59,61H,1H3. The van der Waals surface area contributed by atoms with Gasteiger partial charge >= 0.3 is 0 Å². The van der Waals surface area contributed by atoms with E-state index in [9.17, 15) is 0 Å². The number of hydrazine groups is 1. The summed E-state index contributed by atoms with van der Waals surface area (Å²) < 4.78 is 11.0. The van der Waals surface area contributed by atoms with Gasteiger partial charge in [-0.25, -0.2) is 0 Å². The topological polar surface area (TPSA) is 120 Å². The minimum absolute atomic E-state index is 0.184. The van der Waals surface area contributed by atoms with Crippen LogP contribution in [-0.2, 0) is 0 Å². The van der Waals surface area contributed by atoms with E-state index >= 15 is 0 Å². The third kappa shape index (κ3) is 5.64. The van der Waals surface area contributed by atoms with Crippen LogP contribution in [0.2, 0.25) is 0 Å². The zero-order valence-corrected chi connectivity index (χ0v) is 34.4. The number of rotatable bonds is 6. The van der Waals surface area contributed by atoms with Crippen LogP contribution in [0.1, 0.15) is 24.0 Å². The van der Waals surface area contributed by atoms with E-state index in [1.165, 1.54) is 0 Å². The molecule has 64 heavy (non-hydrogen) atoms. The summed E-state index contributed by atoms with van der Waals surface area (Å²) in [5.41, 5.74) is 22.8. The molecule has 0 spiro atoms. The molecule has 11 nitrogen and oxygen atoms in total. The third-order valence-electron chi connectivity index (χ3n) is 12.6. The van der Waals surface area contributed by atoms with Gasteiger partial charge in [0, 0.05) is 87.1 Å². The van der Waals surface area contributed by atoms with Gasteiger partial charge in [0.05, 0.1) is 50.4 Å². The molecule has 2 atom stereocenters. The molecule has 11 heteroatoms. The molecule has 2 aliphatic rings. The van der Waals surface area contributed by atoms with Crippen molar-refractivity contribution in [3.05, 3.63) is 194 Å². The summed E-state index contributed by atoms with van der Waals surface area (Å²) in [7, 11) is 0. The number of nitrogens with one attached hydrogen (secondary N) is 2. The van der Waals surface area contributed by atoms with Gasteiger partial charge in [-0.2, -0.15) is 5.43 Å². The third-order valence-corrected chi connectivity index (χ3v) is 12.6. The smallest absolute Gasteiger partial charge is 0.239 e. The normalized spacial score (nSPS) is 16.7. The quantitative estimate of drug-likeness (QED) is 0.169. The minimum Gasteiger partial charge on any atom is -0.452 e. The molecule has 11 aromatic rings. The van der Waals surface area contributed by atoms with E-state index in [2.05, 4.69) is 157 Å². The molecular weight excluding hydrogens is 793 g/mol. The van der Waals surface area contributed by atoms with Crippen molar-refractivity contribution in [3.63, 3.8) is 0 Å². The summed E-state index contributed by atoms with van der Waals surface area (Å²) in [6, 6.07) is 48.4. The fraction of sp³-hybridized carbons (Fsp3) is 0.0566. The molecule has 2 unspecified atom stereocenters. The maximum atomic E-state index is 6.44. The van der Waals surface area contributed by atoms with Crippen molar-refractivity contribution in [2.75, 3.05) is 0 Å². The molecule has 4 aromatic carbocycles. The number of aromatic nitrogens is 8. The summed E-state index contributed by atoms with van der Waals surface area (Å²) in [6.45, 7) is 2.02. The van der Waals surface area contributed by atoms with Crippen LogP contribution in [0.15, 0.2) is 183 Å². The highest BCUT2D eigenvalue weighted by Crippen LogP contribution is 2.46. The Bertz CT molecular complexity index is 3690. The molecule has 0 saturated heterocycles. The summed E-state index contributed by atoms with van der Waals surface area (Å²) in [5.74, 6) is 0.305. The van der Waals surface area contributed by atoms with Crippen molar-refractivity contribution in [3.8, 4) is 50.8 Å². The van der Waals surface area contributed by atoms with Crippen molar-refractivity contribution in [2.24, 2.45) is 0 Å². The van der Waals surface area contributed by atoms with Crippen LogP contribution in [0.5, 0.6) is 5.88 Å². The number of ether oxygens (including phenoxy) is 1. The number of fused-ring (bicyclic) bond motifs is 9. The first-order valence-electron chi connectivity index (χ1n) is 21.2. The zero-order valence-electron chi connectivity index (χ0n) is 34.4. The summed E-state index contributed by atoms with van der Waals surface area (Å²) >= 11 is 0. The Morgan fingerprint density at radius 1 is 0.531 bits per heavy atom. The van der Waals surface area contributed by atoms with Crippen molar-refractivity contribution < 1.29 is 4.74 Å². The van der Waals surface area contributed by atoms with Gasteiger partial charge in [0.25, 0.3) is 0 Å². The fourth-order valence-corrected chi connectivity index (χ4v) is 9.54. The van der Waals surface area contributed by atoms with Crippen molar-refractivity contribution in [1.29, 1.82) is 0 Å². The second kappa shape index (κ2) is 14.0. The van der Waals surface area contributed by atoms with Crippen LogP contribution in [0.25, 0.3) is 94.5 Å². The minimum atomic E-state index is -0.794. The van der Waals surface area contributed by atoms with Gasteiger partial charge in [0.15, 0.2) is 5.72 Å². The maximum Gasteiger partial charge on any atom is 0.239 e. The number of nitrogens with zero attached hydrogens (tertiary/aromatic N) is 8. The lowest BCUT2D eigenvalue weighted by molar-refractivity contribution is 0.0446. The lowest BCUT2D eigenvalue weighted by atomic mass is 9.89. The lowest BCUT2D eigenvalue weighted by Gasteiger charge is -2.35. The maximum absolute atomic E-state index is 6.44. The molecule has 0 aliphatic carbocycles. The van der Waals surface area contributed by atoms with Crippen molar-refractivity contribution >= 4 is 49.6 Å². The van der Waals surface area contributed by atoms with Crippen molar-refractivity contribution in [2.45, 2.75) is 18.6 Å². The molecule has 9 heterocycles. The second-order valence-corrected chi connectivity index (χ2v) is 16.5. The van der Waals surface area contributed by atoms with E-state index in [4.69, 9.17) is 19.7 Å². The van der Waals surface area contributed by atoms with E-state index in [1.54, 1.807) is 0 Å². The molecule has 13 rings (SSSR count). The van der Waals surface area contributed by atoms with E-state index in [1.807, 2.05) is 68.4 Å². The molecule has 0 fully saturated rings. The molecule has 2 N–H and O–H groups in total. The van der Waals surface area contributed by atoms with Gasteiger partial charge in [-0.05, 0) is 115 Å². The molecule has 2 aliphatic heterocycles. The summed E-state index contributed by atoms with van der Waals surface area (Å²) in [6.07, 6.45) is 13.4. The highest BCUT2D eigenvalue weighted by atomic mass is 16.5. The number of hydrogen-bond donors (Lipinski definition) is 2. The van der Waals surface area contributed by atoms with Crippen LogP contribution >= 0.6 is 0 Å². The highest BCUT2D eigenvalue weighted by Gasteiger charge is 2.47. The van der Waals surface area contributed by atoms with Crippen molar-refractivity contribution in [1.82, 2.24) is 50.1 Å². The SMILES string of the molecule is CC12NNC(c3cncc(-c4ccc5c(c4)c4ncccc4n5-c4ccccc4)c3)=CC1c1cc(-c3cncc(-c4ccc5c(c4)c4ncccc4n5-c4ccccc4)c3)nnc1O2. The Labute approximate surface area is 366 Å². The molecular formula is C53H36N10O. The number of hydrogen-bond acceptors (Lipinski definition) is 9. The average molecular weight is 829 g/mol. The molecule has 7 aromatic heterocycles. The summed E-state index contributed by atoms with van der Waals surface area (Å²) in [4.78, 5) is 19.0. The van der Waals surface area contributed by atoms with Crippen LogP contribution < -0.4 is 15.6 Å². The first-order valence-corrected chi connectivity index (χ1v) is 21.2. The first-order chi connectivity index (χ1) is 31.6. The predicted octanol–water partition coefficient (Wildman–Crippen LogP) is 10.6. The van der Waals surface area contributed by atoms with Gasteiger partial charge in [-0.1, -0.05) is 48.5 Å². The van der Waals surface area contributed by atoms with Gasteiger partial charge in [-0.15, -0.1) is 10.2 Å². The number of para-hydroxylation sites is 2. The Kier molecular flexibility index (Phi) is 7.90. The highest BCUT2D eigenvalue weighted by molar-refractivity contribution is 6.09. The monoisotopic (exact) mass is 828 g/mol. The largest absolute Gasteiger partial charge is 0.452 e. The Morgan fingerprint density at radius 3 is 1.70 bits per heavy atom. The van der Waals surface area contributed by atoms with Crippen LogP contribution in [-0.4, -0.2) is 45.0 Å². The molecule has 0 amide bonds. The van der Waals surface area contributed by atoms with Crippen LogP contribution in [0.4, 0.5) is 0 Å². The van der Waals surface area contributed by atoms with Gasteiger partial charge in [0.2, 0.25) is 5.88 Å². The number of benzene rings is 4. The summed E-state index contributed by atoms with van der Waals surface area (Å²) in [5, 5.41) is 11.4. The predicted molar refractivity (Wildman–Crippen MR) is 251 cm³/mol. The lowest BCUT2D eigenvalue weighted by Crippen LogP contribution is -2.57. The van der Waals surface area contributed by atoms with Gasteiger partial charge in [0.1, 0.15) is 0 Å². The van der Waals surface area contributed by atoms with E-state index in [-0.39, 0.29) is 5.92 Å². The Balaban J connectivity index is 0.833. The van der Waals surface area contributed by atoms with E-state index < -0.39 is 5.72 Å². The second-order valence-electron chi connectivity index (χ2n) is 16.5. The fourth-order valence-electron chi connectivity index (χ4n) is 9.54. The molecule has 0 saturated carbocycles. The van der Waals surface area contributed by atoms with Crippen LogP contribution in [0.3, 0.4) is 0 Å². The zero-order chi connectivity index (χ0) is 42.4.